The van der Waals surface area contributed by atoms with Gasteiger partial charge in [0.05, 0.1) is 6.26 Å². The molecule has 2 rings (SSSR count). The van der Waals surface area contributed by atoms with Crippen LogP contribution < -0.4 is 15.8 Å². The summed E-state index contributed by atoms with van der Waals surface area (Å²) in [5, 5.41) is 2.74. The van der Waals surface area contributed by atoms with E-state index < -0.39 is 0 Å². The van der Waals surface area contributed by atoms with Gasteiger partial charge in [0.25, 0.3) is 0 Å². The lowest BCUT2D eigenvalue weighted by atomic mass is 10.3. The molecule has 1 heterocycles. The highest BCUT2D eigenvalue weighted by Gasteiger charge is 2.00. The first-order valence-corrected chi connectivity index (χ1v) is 6.23. The van der Waals surface area contributed by atoms with E-state index in [1.165, 1.54) is 6.08 Å². The van der Waals surface area contributed by atoms with E-state index in [2.05, 4.69) is 5.32 Å². The average molecular weight is 272 g/mol. The van der Waals surface area contributed by atoms with Crippen molar-refractivity contribution in [1.82, 2.24) is 0 Å². The SMILES string of the molecule is NCCOc1cccc(NC(=O)C=Cc2ccco2)c1. The minimum absolute atomic E-state index is 0.239. The summed E-state index contributed by atoms with van der Waals surface area (Å²) in [6, 6.07) is 10.7. The second-order valence-electron chi connectivity index (χ2n) is 4.00. The molecule has 0 aliphatic heterocycles. The maximum Gasteiger partial charge on any atom is 0.248 e. The molecule has 0 fully saturated rings. The van der Waals surface area contributed by atoms with E-state index in [-0.39, 0.29) is 5.91 Å². The molecule has 5 nitrogen and oxygen atoms in total. The van der Waals surface area contributed by atoms with Gasteiger partial charge in [-0.1, -0.05) is 6.07 Å². The summed E-state index contributed by atoms with van der Waals surface area (Å²) in [5.41, 5.74) is 6.03. The summed E-state index contributed by atoms with van der Waals surface area (Å²) < 4.78 is 10.5. The second kappa shape index (κ2) is 7.16. The maximum atomic E-state index is 11.7. The van der Waals surface area contributed by atoms with Crippen LogP contribution in [-0.4, -0.2) is 19.1 Å². The van der Waals surface area contributed by atoms with E-state index in [0.717, 1.165) is 0 Å². The standard InChI is InChI=1S/C15H16N2O3/c16-8-10-20-14-4-1-3-12(11-14)17-15(18)7-6-13-5-2-9-19-13/h1-7,9,11H,8,10,16H2,(H,17,18). The van der Waals surface area contributed by atoms with Crippen molar-refractivity contribution in [3.05, 3.63) is 54.5 Å². The fraction of sp³-hybridized carbons (Fsp3) is 0.133. The van der Waals surface area contributed by atoms with E-state index in [4.69, 9.17) is 14.9 Å². The Morgan fingerprint density at radius 1 is 1.35 bits per heavy atom. The van der Waals surface area contributed by atoms with Crippen LogP contribution in [0.2, 0.25) is 0 Å². The predicted octanol–water partition coefficient (Wildman–Crippen LogP) is 2.27. The molecule has 0 bridgehead atoms. The quantitative estimate of drug-likeness (QED) is 0.791. The van der Waals surface area contributed by atoms with Crippen LogP contribution in [0.3, 0.4) is 0 Å². The number of nitrogens with two attached hydrogens (primary N) is 1. The van der Waals surface area contributed by atoms with Crippen molar-refractivity contribution in [2.24, 2.45) is 5.73 Å². The molecule has 104 valence electrons. The third kappa shape index (κ3) is 4.29. The van der Waals surface area contributed by atoms with Gasteiger partial charge in [-0.25, -0.2) is 0 Å². The summed E-state index contributed by atoms with van der Waals surface area (Å²) >= 11 is 0. The van der Waals surface area contributed by atoms with Crippen LogP contribution in [0.4, 0.5) is 5.69 Å². The van der Waals surface area contributed by atoms with Crippen molar-refractivity contribution in [2.45, 2.75) is 0 Å². The summed E-state index contributed by atoms with van der Waals surface area (Å²) in [5.74, 6) is 1.06. The molecule has 0 atom stereocenters. The average Bonchev–Trinajstić information content (AvgIpc) is 2.97. The van der Waals surface area contributed by atoms with Gasteiger partial charge in [-0.3, -0.25) is 4.79 Å². The zero-order valence-electron chi connectivity index (χ0n) is 10.9. The lowest BCUT2D eigenvalue weighted by Crippen LogP contribution is -2.11. The van der Waals surface area contributed by atoms with Gasteiger partial charge in [-0.2, -0.15) is 0 Å². The fourth-order valence-electron chi connectivity index (χ4n) is 1.57. The van der Waals surface area contributed by atoms with E-state index in [9.17, 15) is 4.79 Å². The Morgan fingerprint density at radius 2 is 2.25 bits per heavy atom. The summed E-state index contributed by atoms with van der Waals surface area (Å²) in [6.07, 6.45) is 4.56. The number of hydrogen-bond acceptors (Lipinski definition) is 4. The maximum absolute atomic E-state index is 11.7. The minimum atomic E-state index is -0.239. The Balaban J connectivity index is 1.93. The Kier molecular flexibility index (Phi) is 4.97. The number of anilines is 1. The molecule has 2 aromatic rings. The van der Waals surface area contributed by atoms with Crippen LogP contribution in [0, 0.1) is 0 Å². The summed E-state index contributed by atoms with van der Waals surface area (Å²) in [4.78, 5) is 11.7. The predicted molar refractivity (Wildman–Crippen MR) is 77.4 cm³/mol. The largest absolute Gasteiger partial charge is 0.492 e. The number of carbonyl (C=O) groups is 1. The molecule has 0 unspecified atom stereocenters. The van der Waals surface area contributed by atoms with Crippen molar-refractivity contribution < 1.29 is 13.9 Å². The van der Waals surface area contributed by atoms with Crippen molar-refractivity contribution in [3.8, 4) is 5.75 Å². The lowest BCUT2D eigenvalue weighted by molar-refractivity contribution is -0.111. The molecule has 0 saturated carbocycles. The Hall–Kier alpha value is -2.53. The van der Waals surface area contributed by atoms with Crippen LogP contribution in [0.1, 0.15) is 5.76 Å². The summed E-state index contributed by atoms with van der Waals surface area (Å²) in [6.45, 7) is 0.887. The van der Waals surface area contributed by atoms with Gasteiger partial charge in [-0.05, 0) is 30.3 Å². The number of rotatable bonds is 6. The van der Waals surface area contributed by atoms with E-state index >= 15 is 0 Å². The second-order valence-corrected chi connectivity index (χ2v) is 4.00. The fourth-order valence-corrected chi connectivity index (χ4v) is 1.57. The zero-order valence-corrected chi connectivity index (χ0v) is 10.9. The number of benzene rings is 1. The highest BCUT2D eigenvalue weighted by molar-refractivity contribution is 6.01. The van der Waals surface area contributed by atoms with Crippen LogP contribution >= 0.6 is 0 Å². The van der Waals surface area contributed by atoms with Gasteiger partial charge in [0.2, 0.25) is 5.91 Å². The monoisotopic (exact) mass is 272 g/mol. The van der Waals surface area contributed by atoms with E-state index in [0.29, 0.717) is 30.3 Å². The minimum Gasteiger partial charge on any atom is -0.492 e. The molecule has 3 N–H and O–H groups in total. The topological polar surface area (TPSA) is 77.5 Å². The summed E-state index contributed by atoms with van der Waals surface area (Å²) in [7, 11) is 0. The third-order valence-corrected chi connectivity index (χ3v) is 2.43. The molecule has 0 aliphatic carbocycles. The van der Waals surface area contributed by atoms with Gasteiger partial charge in [0.1, 0.15) is 18.1 Å². The number of amides is 1. The normalized spacial score (nSPS) is 10.7. The van der Waals surface area contributed by atoms with Gasteiger partial charge in [-0.15, -0.1) is 0 Å². The molecule has 20 heavy (non-hydrogen) atoms. The number of furan rings is 1. The van der Waals surface area contributed by atoms with E-state index in [1.807, 2.05) is 6.07 Å². The van der Waals surface area contributed by atoms with Crippen LogP contribution in [0.15, 0.2) is 53.2 Å². The molecule has 1 aromatic carbocycles. The van der Waals surface area contributed by atoms with Gasteiger partial charge >= 0.3 is 0 Å². The smallest absolute Gasteiger partial charge is 0.248 e. The van der Waals surface area contributed by atoms with Crippen LogP contribution in [0.25, 0.3) is 6.08 Å². The highest BCUT2D eigenvalue weighted by Crippen LogP contribution is 2.17. The molecule has 1 amide bonds. The Bertz CT molecular complexity index is 577. The molecular formula is C15H16N2O3. The molecule has 0 radical (unpaired) electrons. The number of hydrogen-bond donors (Lipinski definition) is 2. The number of nitrogens with one attached hydrogen (secondary N) is 1. The van der Waals surface area contributed by atoms with Crippen molar-refractivity contribution in [2.75, 3.05) is 18.5 Å². The van der Waals surface area contributed by atoms with Crippen molar-refractivity contribution in [3.63, 3.8) is 0 Å². The van der Waals surface area contributed by atoms with Gasteiger partial charge < -0.3 is 20.2 Å². The first kappa shape index (κ1) is 13.9. The zero-order chi connectivity index (χ0) is 14.2. The Labute approximate surface area is 117 Å². The number of carbonyl (C=O) groups excluding carboxylic acids is 1. The molecule has 0 spiro atoms. The van der Waals surface area contributed by atoms with Crippen LogP contribution in [0.5, 0.6) is 5.75 Å². The van der Waals surface area contributed by atoms with Gasteiger partial charge in [0, 0.05) is 24.4 Å². The highest BCUT2D eigenvalue weighted by atomic mass is 16.5. The molecule has 0 saturated heterocycles. The molecule has 5 heteroatoms. The molecule has 0 aliphatic rings. The first-order valence-electron chi connectivity index (χ1n) is 6.23. The van der Waals surface area contributed by atoms with Crippen LogP contribution in [-0.2, 0) is 4.79 Å². The lowest BCUT2D eigenvalue weighted by Gasteiger charge is -2.07. The van der Waals surface area contributed by atoms with Crippen molar-refractivity contribution >= 4 is 17.7 Å². The van der Waals surface area contributed by atoms with Crippen molar-refractivity contribution in [1.29, 1.82) is 0 Å². The van der Waals surface area contributed by atoms with E-state index in [1.54, 1.807) is 42.7 Å². The number of ether oxygens (including phenoxy) is 1. The first-order chi connectivity index (χ1) is 9.78. The van der Waals surface area contributed by atoms with Gasteiger partial charge in [0.15, 0.2) is 0 Å². The third-order valence-electron chi connectivity index (χ3n) is 2.43. The Morgan fingerprint density at radius 3 is 3.00 bits per heavy atom. The molecular weight excluding hydrogens is 256 g/mol. The molecule has 1 aromatic heterocycles.